The van der Waals surface area contributed by atoms with Gasteiger partial charge in [-0.25, -0.2) is 24.2 Å². The molecule has 4 heterocycles. The fourth-order valence-electron chi connectivity index (χ4n) is 6.19. The van der Waals surface area contributed by atoms with E-state index in [2.05, 4.69) is 45.0 Å². The smallest absolute Gasteiger partial charge is 0.370 e. The second-order valence-electron chi connectivity index (χ2n) is 11.2. The number of pyridine rings is 1. The van der Waals surface area contributed by atoms with Crippen LogP contribution in [0.3, 0.4) is 0 Å². The summed E-state index contributed by atoms with van der Waals surface area (Å²) in [7, 11) is 1.71. The molecule has 0 spiro atoms. The number of benzene rings is 1. The third-order valence-electron chi connectivity index (χ3n) is 8.23. The average molecular weight is 564 g/mol. The molecule has 218 valence electrons. The van der Waals surface area contributed by atoms with E-state index in [1.54, 1.807) is 17.7 Å². The summed E-state index contributed by atoms with van der Waals surface area (Å²) in [5.41, 5.74) is 3.36. The van der Waals surface area contributed by atoms with Crippen LogP contribution in [0, 0.1) is 25.5 Å². The van der Waals surface area contributed by atoms with Crippen LogP contribution >= 0.6 is 0 Å². The number of nitrogens with one attached hydrogen (secondary N) is 1. The molecule has 8 nitrogen and oxygen atoms in total. The standard InChI is InChI=1S/C31H40F2N8/c1-8-39(9-2)23-12-14-40(15-13-23)26-10-11-28(34-20(26)5)36-31-37-29(25(33)18-38(31)7)22-16-24(32)30-27(17-22)41(19(3)4)21(6)35-30/h10-11,16-19,23H,8-9,12-15H2,1-7H3/p+1. The molecule has 5 rings (SSSR count). The Morgan fingerprint density at radius 3 is 2.37 bits per heavy atom. The van der Waals surface area contributed by atoms with Gasteiger partial charge in [0.15, 0.2) is 23.1 Å². The van der Waals surface area contributed by atoms with Gasteiger partial charge in [-0.15, -0.1) is 0 Å². The summed E-state index contributed by atoms with van der Waals surface area (Å²) in [6.45, 7) is 16.5. The highest BCUT2D eigenvalue weighted by Crippen LogP contribution is 2.31. The molecule has 4 aromatic rings. The molecule has 1 aliphatic rings. The first-order valence-corrected chi connectivity index (χ1v) is 14.6. The van der Waals surface area contributed by atoms with Crippen LogP contribution in [-0.2, 0) is 7.05 Å². The molecule has 41 heavy (non-hydrogen) atoms. The summed E-state index contributed by atoms with van der Waals surface area (Å²) >= 11 is 0. The number of hydrogen-bond donors (Lipinski definition) is 1. The van der Waals surface area contributed by atoms with Gasteiger partial charge >= 0.3 is 5.95 Å². The Hall–Kier alpha value is -3.66. The van der Waals surface area contributed by atoms with E-state index in [1.165, 1.54) is 12.3 Å². The number of halogens is 2. The molecule has 0 atom stereocenters. The number of rotatable bonds is 8. The third-order valence-corrected chi connectivity index (χ3v) is 8.23. The fourth-order valence-corrected chi connectivity index (χ4v) is 6.19. The monoisotopic (exact) mass is 563 g/mol. The summed E-state index contributed by atoms with van der Waals surface area (Å²) < 4.78 is 33.8. The average Bonchev–Trinajstić information content (AvgIpc) is 3.28. The van der Waals surface area contributed by atoms with Crippen molar-refractivity contribution in [2.45, 2.75) is 66.5 Å². The van der Waals surface area contributed by atoms with Crippen molar-refractivity contribution in [2.24, 2.45) is 7.05 Å². The first-order chi connectivity index (χ1) is 19.6. The van der Waals surface area contributed by atoms with Gasteiger partial charge in [0.2, 0.25) is 0 Å². The van der Waals surface area contributed by atoms with Crippen LogP contribution in [0.5, 0.6) is 0 Å². The molecule has 10 heteroatoms. The molecule has 0 radical (unpaired) electrons. The van der Waals surface area contributed by atoms with Gasteiger partial charge in [0.05, 0.1) is 23.9 Å². The van der Waals surface area contributed by atoms with Crippen LogP contribution in [0.4, 0.5) is 26.2 Å². The second kappa shape index (κ2) is 11.7. The van der Waals surface area contributed by atoms with E-state index in [1.807, 2.05) is 38.3 Å². The minimum atomic E-state index is -0.545. The molecule has 1 aliphatic heterocycles. The third kappa shape index (κ3) is 5.62. The Labute approximate surface area is 241 Å². The van der Waals surface area contributed by atoms with E-state index >= 15 is 8.78 Å². The van der Waals surface area contributed by atoms with Crippen molar-refractivity contribution < 1.29 is 13.3 Å². The predicted molar refractivity (Wildman–Crippen MR) is 160 cm³/mol. The van der Waals surface area contributed by atoms with E-state index < -0.39 is 11.6 Å². The van der Waals surface area contributed by atoms with Crippen molar-refractivity contribution in [1.29, 1.82) is 0 Å². The molecule has 1 N–H and O–H groups in total. The zero-order valence-corrected chi connectivity index (χ0v) is 25.2. The Balaban J connectivity index is 1.40. The van der Waals surface area contributed by atoms with E-state index in [9.17, 15) is 0 Å². The van der Waals surface area contributed by atoms with Crippen molar-refractivity contribution in [3.63, 3.8) is 0 Å². The topological polar surface area (TPSA) is 66.0 Å². The molecular weight excluding hydrogens is 522 g/mol. The lowest BCUT2D eigenvalue weighted by atomic mass is 10.0. The zero-order chi connectivity index (χ0) is 29.4. The van der Waals surface area contributed by atoms with E-state index in [-0.39, 0.29) is 17.3 Å². The molecule has 0 aliphatic carbocycles. The van der Waals surface area contributed by atoms with E-state index in [4.69, 9.17) is 4.98 Å². The van der Waals surface area contributed by atoms with Crippen LogP contribution in [-0.4, -0.2) is 56.6 Å². The number of anilines is 3. The first kappa shape index (κ1) is 28.9. The Morgan fingerprint density at radius 1 is 1.02 bits per heavy atom. The minimum absolute atomic E-state index is 0.0602. The molecule has 0 bridgehead atoms. The Morgan fingerprint density at radius 2 is 1.73 bits per heavy atom. The largest absolute Gasteiger partial charge is 0.398 e. The van der Waals surface area contributed by atoms with Crippen molar-refractivity contribution in [3.8, 4) is 11.3 Å². The number of imidazole rings is 1. The lowest BCUT2D eigenvalue weighted by molar-refractivity contribution is -0.660. The van der Waals surface area contributed by atoms with Crippen LogP contribution in [0.1, 0.15) is 58.1 Å². The maximum atomic E-state index is 15.2. The van der Waals surface area contributed by atoms with Gasteiger partial charge in [0, 0.05) is 30.7 Å². The number of nitrogens with zero attached hydrogens (tertiary/aromatic N) is 7. The number of hydrogen-bond acceptors (Lipinski definition) is 6. The molecule has 1 saturated heterocycles. The number of piperidine rings is 1. The maximum Gasteiger partial charge on any atom is 0.398 e. The predicted octanol–water partition coefficient (Wildman–Crippen LogP) is 5.85. The summed E-state index contributed by atoms with van der Waals surface area (Å²) in [4.78, 5) is 18.7. The number of aryl methyl sites for hydroxylation is 3. The number of aromatic nitrogens is 5. The zero-order valence-electron chi connectivity index (χ0n) is 25.2. The lowest BCUT2D eigenvalue weighted by Crippen LogP contribution is -2.45. The molecule has 1 fully saturated rings. The number of fused-ring (bicyclic) bond motifs is 1. The van der Waals surface area contributed by atoms with Crippen molar-refractivity contribution in [2.75, 3.05) is 36.4 Å². The van der Waals surface area contributed by atoms with Crippen LogP contribution in [0.15, 0.2) is 30.5 Å². The molecule has 3 aromatic heterocycles. The molecule has 1 aromatic carbocycles. The van der Waals surface area contributed by atoms with Crippen molar-refractivity contribution in [3.05, 3.63) is 53.6 Å². The maximum absolute atomic E-state index is 15.2. The lowest BCUT2D eigenvalue weighted by Gasteiger charge is -2.39. The van der Waals surface area contributed by atoms with Crippen molar-refractivity contribution >= 4 is 28.5 Å². The Kier molecular flexibility index (Phi) is 8.22. The minimum Gasteiger partial charge on any atom is -0.370 e. The van der Waals surface area contributed by atoms with Gasteiger partial charge < -0.3 is 14.4 Å². The van der Waals surface area contributed by atoms with Crippen LogP contribution < -0.4 is 14.8 Å². The van der Waals surface area contributed by atoms with Gasteiger partial charge in [0.25, 0.3) is 0 Å². The van der Waals surface area contributed by atoms with Gasteiger partial charge in [-0.05, 0) is 77.9 Å². The quantitative estimate of drug-likeness (QED) is 0.272. The van der Waals surface area contributed by atoms with Crippen LogP contribution in [0.25, 0.3) is 22.3 Å². The molecule has 0 unspecified atom stereocenters. The van der Waals surface area contributed by atoms with Crippen molar-refractivity contribution in [1.82, 2.24) is 24.4 Å². The normalized spacial score (nSPS) is 14.6. The summed E-state index contributed by atoms with van der Waals surface area (Å²) in [6, 6.07) is 7.79. The van der Waals surface area contributed by atoms with Gasteiger partial charge in [0.1, 0.15) is 17.5 Å². The first-order valence-electron chi connectivity index (χ1n) is 14.6. The molecular formula is C31H41F2N8+. The molecule has 0 amide bonds. The summed E-state index contributed by atoms with van der Waals surface area (Å²) in [5, 5.41) is 3.24. The highest BCUT2D eigenvalue weighted by Gasteiger charge is 2.26. The molecule has 0 saturated carbocycles. The van der Waals surface area contributed by atoms with Gasteiger partial charge in [-0.3, -0.25) is 0 Å². The SMILES string of the molecule is CCN(CC)C1CCN(c2ccc(Nc3nc(-c4cc(F)c5nc(C)n(C(C)C)c5c4)c(F)c[n+]3C)nc2C)CC1. The van der Waals surface area contributed by atoms with E-state index in [0.29, 0.717) is 34.7 Å². The highest BCUT2D eigenvalue weighted by molar-refractivity contribution is 5.83. The van der Waals surface area contributed by atoms with Crippen LogP contribution in [0.2, 0.25) is 0 Å². The fraction of sp³-hybridized carbons (Fsp3) is 0.484. The van der Waals surface area contributed by atoms with Gasteiger partial charge in [-0.1, -0.05) is 18.8 Å². The Bertz CT molecular complexity index is 1550. The second-order valence-corrected chi connectivity index (χ2v) is 11.2. The van der Waals surface area contributed by atoms with Gasteiger partial charge in [-0.2, -0.15) is 4.39 Å². The summed E-state index contributed by atoms with van der Waals surface area (Å²) in [6.07, 6.45) is 3.63. The van der Waals surface area contributed by atoms with E-state index in [0.717, 1.165) is 50.4 Å². The highest BCUT2D eigenvalue weighted by atomic mass is 19.1. The summed E-state index contributed by atoms with van der Waals surface area (Å²) in [5.74, 6) is 0.671.